The Hall–Kier alpha value is -2.60. The Labute approximate surface area is 143 Å². The third kappa shape index (κ3) is 3.05. The van der Waals surface area contributed by atoms with Gasteiger partial charge < -0.3 is 9.64 Å². The van der Waals surface area contributed by atoms with Crippen molar-refractivity contribution in [1.29, 1.82) is 0 Å². The van der Waals surface area contributed by atoms with Gasteiger partial charge in [-0.3, -0.25) is 10.3 Å². The summed E-state index contributed by atoms with van der Waals surface area (Å²) >= 11 is 1.52. The first kappa shape index (κ1) is 15.0. The third-order valence-electron chi connectivity index (χ3n) is 4.07. The zero-order valence-corrected chi connectivity index (χ0v) is 13.8. The van der Waals surface area contributed by atoms with Crippen molar-refractivity contribution in [1.82, 2.24) is 9.88 Å². The molecule has 0 unspecified atom stereocenters. The van der Waals surface area contributed by atoms with Gasteiger partial charge in [-0.15, -0.1) is 11.3 Å². The van der Waals surface area contributed by atoms with Crippen LogP contribution in [-0.4, -0.2) is 35.1 Å². The molecule has 0 radical (unpaired) electrons. The number of fused-ring (bicyclic) bond motifs is 1. The van der Waals surface area contributed by atoms with Crippen molar-refractivity contribution in [3.05, 3.63) is 54.0 Å². The second-order valence-corrected chi connectivity index (χ2v) is 6.66. The number of carbonyl (C=O) groups excluding carboxylic acids is 1. The molecule has 3 aromatic rings. The highest BCUT2D eigenvalue weighted by molar-refractivity contribution is 7.14. The van der Waals surface area contributed by atoms with E-state index in [1.54, 1.807) is 11.1 Å². The molecule has 1 aliphatic rings. The van der Waals surface area contributed by atoms with Crippen molar-refractivity contribution < 1.29 is 9.53 Å². The number of aromatic nitrogens is 1. The number of carbonyl (C=O) groups is 1. The lowest BCUT2D eigenvalue weighted by atomic mass is 10.2. The van der Waals surface area contributed by atoms with Gasteiger partial charge >= 0.3 is 6.03 Å². The molecule has 0 saturated carbocycles. The molecule has 24 heavy (non-hydrogen) atoms. The van der Waals surface area contributed by atoms with Gasteiger partial charge in [-0.05, 0) is 29.6 Å². The van der Waals surface area contributed by atoms with E-state index in [1.165, 1.54) is 11.3 Å². The number of thiophene rings is 1. The number of hydrogen-bond donors (Lipinski definition) is 1. The minimum Gasteiger partial charge on any atom is -0.486 e. The van der Waals surface area contributed by atoms with Crippen LogP contribution in [0.4, 0.5) is 9.80 Å². The van der Waals surface area contributed by atoms with Crippen LogP contribution in [0.2, 0.25) is 0 Å². The van der Waals surface area contributed by atoms with Crippen LogP contribution in [0.15, 0.2) is 54.0 Å². The van der Waals surface area contributed by atoms with Crippen molar-refractivity contribution >= 4 is 33.3 Å². The maximum absolute atomic E-state index is 12.3. The van der Waals surface area contributed by atoms with Crippen LogP contribution in [0.25, 0.3) is 10.9 Å². The Kier molecular flexibility index (Phi) is 4.04. The predicted octanol–water partition coefficient (Wildman–Crippen LogP) is 3.98. The molecule has 3 heterocycles. The molecule has 6 heteroatoms. The van der Waals surface area contributed by atoms with Gasteiger partial charge in [-0.25, -0.2) is 4.79 Å². The maximum atomic E-state index is 12.3. The van der Waals surface area contributed by atoms with E-state index >= 15 is 0 Å². The van der Waals surface area contributed by atoms with Gasteiger partial charge in [0.15, 0.2) is 0 Å². The van der Waals surface area contributed by atoms with E-state index < -0.39 is 0 Å². The number of nitrogens with one attached hydrogen (secondary N) is 1. The van der Waals surface area contributed by atoms with Gasteiger partial charge in [-0.2, -0.15) is 0 Å². The standard InChI is InChI=1S/C18H17N3O2S/c22-18(20-16-7-3-11-24-16)21-10-8-14(12-21)23-15-6-1-4-13-5-2-9-19-17(13)15/h1-7,9,11,14H,8,10,12H2,(H,20,22)/t14-/m1/s1. The highest BCUT2D eigenvalue weighted by Gasteiger charge is 2.28. The highest BCUT2D eigenvalue weighted by atomic mass is 32.1. The molecule has 1 fully saturated rings. The first-order valence-corrected chi connectivity index (χ1v) is 8.77. The number of pyridine rings is 1. The van der Waals surface area contributed by atoms with Gasteiger partial charge in [0.25, 0.3) is 0 Å². The SMILES string of the molecule is O=C(Nc1cccs1)N1CC[C@@H](Oc2cccc3cccnc23)C1. The molecule has 0 spiro atoms. The second-order valence-electron chi connectivity index (χ2n) is 5.71. The lowest BCUT2D eigenvalue weighted by molar-refractivity contribution is 0.196. The Morgan fingerprint density at radius 2 is 2.17 bits per heavy atom. The first-order valence-electron chi connectivity index (χ1n) is 7.89. The van der Waals surface area contributed by atoms with E-state index in [2.05, 4.69) is 10.3 Å². The summed E-state index contributed by atoms with van der Waals surface area (Å²) in [6.45, 7) is 1.28. The summed E-state index contributed by atoms with van der Waals surface area (Å²) in [6.07, 6.45) is 2.58. The summed E-state index contributed by atoms with van der Waals surface area (Å²) in [4.78, 5) is 18.5. The summed E-state index contributed by atoms with van der Waals surface area (Å²) in [6, 6.07) is 13.6. The molecule has 4 rings (SSSR count). The number of hydrogen-bond acceptors (Lipinski definition) is 4. The molecule has 1 saturated heterocycles. The van der Waals surface area contributed by atoms with Crippen molar-refractivity contribution in [2.45, 2.75) is 12.5 Å². The van der Waals surface area contributed by atoms with Crippen molar-refractivity contribution in [2.24, 2.45) is 0 Å². The molecule has 1 aliphatic heterocycles. The lowest BCUT2D eigenvalue weighted by Crippen LogP contribution is -2.34. The molecule has 122 valence electrons. The van der Waals surface area contributed by atoms with E-state index in [4.69, 9.17) is 4.74 Å². The molecule has 1 aromatic carbocycles. The Morgan fingerprint density at radius 1 is 1.25 bits per heavy atom. The summed E-state index contributed by atoms with van der Waals surface area (Å²) in [5.41, 5.74) is 0.862. The Morgan fingerprint density at radius 3 is 3.04 bits per heavy atom. The van der Waals surface area contributed by atoms with E-state index in [-0.39, 0.29) is 12.1 Å². The van der Waals surface area contributed by atoms with Crippen LogP contribution in [0.3, 0.4) is 0 Å². The topological polar surface area (TPSA) is 54.5 Å². The second kappa shape index (κ2) is 6.49. The van der Waals surface area contributed by atoms with Crippen molar-refractivity contribution in [3.8, 4) is 5.75 Å². The van der Waals surface area contributed by atoms with Crippen LogP contribution in [0.1, 0.15) is 6.42 Å². The number of rotatable bonds is 3. The van der Waals surface area contributed by atoms with Crippen LogP contribution in [0, 0.1) is 0 Å². The van der Waals surface area contributed by atoms with Gasteiger partial charge in [0.1, 0.15) is 17.4 Å². The average Bonchev–Trinajstić information content (AvgIpc) is 3.27. The zero-order valence-electron chi connectivity index (χ0n) is 13.0. The predicted molar refractivity (Wildman–Crippen MR) is 95.7 cm³/mol. The highest BCUT2D eigenvalue weighted by Crippen LogP contribution is 2.26. The summed E-state index contributed by atoms with van der Waals surface area (Å²) in [5.74, 6) is 0.776. The zero-order chi connectivity index (χ0) is 16.4. The van der Waals surface area contributed by atoms with Crippen molar-refractivity contribution in [3.63, 3.8) is 0 Å². The summed E-state index contributed by atoms with van der Waals surface area (Å²) < 4.78 is 6.12. The number of likely N-dealkylation sites (tertiary alicyclic amines) is 1. The summed E-state index contributed by atoms with van der Waals surface area (Å²) in [5, 5.41) is 6.78. The van der Waals surface area contributed by atoms with E-state index in [0.717, 1.165) is 28.1 Å². The van der Waals surface area contributed by atoms with Gasteiger partial charge in [0.2, 0.25) is 0 Å². The van der Waals surface area contributed by atoms with Crippen molar-refractivity contribution in [2.75, 3.05) is 18.4 Å². The number of ether oxygens (including phenoxy) is 1. The van der Waals surface area contributed by atoms with E-state index in [1.807, 2.05) is 47.8 Å². The number of anilines is 1. The Bertz CT molecular complexity index is 845. The van der Waals surface area contributed by atoms with Crippen LogP contribution < -0.4 is 10.1 Å². The fourth-order valence-corrected chi connectivity index (χ4v) is 3.50. The largest absolute Gasteiger partial charge is 0.486 e. The monoisotopic (exact) mass is 339 g/mol. The maximum Gasteiger partial charge on any atom is 0.322 e. The fraction of sp³-hybridized carbons (Fsp3) is 0.222. The van der Waals surface area contributed by atoms with Crippen LogP contribution in [0.5, 0.6) is 5.75 Å². The Balaban J connectivity index is 1.42. The van der Waals surface area contributed by atoms with Gasteiger partial charge in [0, 0.05) is 24.5 Å². The molecule has 2 aromatic heterocycles. The smallest absolute Gasteiger partial charge is 0.322 e. The molecule has 5 nitrogen and oxygen atoms in total. The van der Waals surface area contributed by atoms with Crippen LogP contribution >= 0.6 is 11.3 Å². The van der Waals surface area contributed by atoms with E-state index in [9.17, 15) is 4.79 Å². The first-order chi connectivity index (χ1) is 11.8. The number of nitrogens with zero attached hydrogens (tertiary/aromatic N) is 2. The quantitative estimate of drug-likeness (QED) is 0.785. The van der Waals surface area contributed by atoms with Gasteiger partial charge in [0.05, 0.1) is 11.5 Å². The lowest BCUT2D eigenvalue weighted by Gasteiger charge is -2.18. The number of urea groups is 1. The number of para-hydroxylation sites is 1. The minimum absolute atomic E-state index is 0.00769. The molecular formula is C18H17N3O2S. The number of benzene rings is 1. The van der Waals surface area contributed by atoms with E-state index in [0.29, 0.717) is 13.1 Å². The molecule has 1 atom stereocenters. The van der Waals surface area contributed by atoms with Crippen LogP contribution in [-0.2, 0) is 0 Å². The fourth-order valence-electron chi connectivity index (χ4n) is 2.89. The molecule has 1 N–H and O–H groups in total. The normalized spacial score (nSPS) is 17.2. The average molecular weight is 339 g/mol. The molecule has 0 bridgehead atoms. The minimum atomic E-state index is -0.0698. The molecular weight excluding hydrogens is 322 g/mol. The molecule has 0 aliphatic carbocycles. The van der Waals surface area contributed by atoms with Gasteiger partial charge in [-0.1, -0.05) is 18.2 Å². The number of amides is 2. The summed E-state index contributed by atoms with van der Waals surface area (Å²) in [7, 11) is 0. The molecule has 2 amide bonds. The third-order valence-corrected chi connectivity index (χ3v) is 4.86.